The van der Waals surface area contributed by atoms with E-state index in [2.05, 4.69) is 10.3 Å². The van der Waals surface area contributed by atoms with Crippen LogP contribution in [0.5, 0.6) is 0 Å². The van der Waals surface area contributed by atoms with E-state index in [1.165, 1.54) is 0 Å². The molecule has 0 aliphatic carbocycles. The fourth-order valence-corrected chi connectivity index (χ4v) is 3.59. The number of pyridine rings is 1. The lowest BCUT2D eigenvalue weighted by molar-refractivity contribution is -0.116. The number of nitrogens with two attached hydrogens (primary N) is 1. The molecule has 0 unspecified atom stereocenters. The van der Waals surface area contributed by atoms with Crippen molar-refractivity contribution < 1.29 is 4.79 Å². The van der Waals surface area contributed by atoms with Crippen molar-refractivity contribution in [1.82, 2.24) is 9.55 Å². The van der Waals surface area contributed by atoms with E-state index < -0.39 is 0 Å². The van der Waals surface area contributed by atoms with Crippen molar-refractivity contribution in [1.29, 1.82) is 0 Å². The third-order valence-corrected chi connectivity index (χ3v) is 5.31. The third-order valence-electron chi connectivity index (χ3n) is 4.63. The number of amides is 1. The van der Waals surface area contributed by atoms with Gasteiger partial charge in [0.1, 0.15) is 5.82 Å². The summed E-state index contributed by atoms with van der Waals surface area (Å²) >= 11 is 12.5. The highest BCUT2D eigenvalue weighted by Gasteiger charge is 2.12. The molecule has 3 N–H and O–H groups in total. The van der Waals surface area contributed by atoms with Gasteiger partial charge in [-0.3, -0.25) is 4.79 Å². The topological polar surface area (TPSA) is 72.9 Å². The third kappa shape index (κ3) is 4.21. The Hall–Kier alpha value is -3.02. The van der Waals surface area contributed by atoms with Gasteiger partial charge in [-0.15, -0.1) is 0 Å². The Morgan fingerprint density at radius 1 is 1.03 bits per heavy atom. The lowest BCUT2D eigenvalue weighted by atomic mass is 10.1. The van der Waals surface area contributed by atoms with Gasteiger partial charge in [0, 0.05) is 34.9 Å². The van der Waals surface area contributed by atoms with Crippen LogP contribution in [-0.2, 0) is 11.2 Å². The zero-order valence-corrected chi connectivity index (χ0v) is 16.9. The first-order valence-corrected chi connectivity index (χ1v) is 9.83. The Kier molecular flexibility index (Phi) is 5.43. The maximum Gasteiger partial charge on any atom is 0.224 e. The molecule has 0 atom stereocenters. The van der Waals surface area contributed by atoms with Crippen molar-refractivity contribution in [2.75, 3.05) is 11.1 Å². The van der Waals surface area contributed by atoms with Crippen molar-refractivity contribution in [3.63, 3.8) is 0 Å². The minimum absolute atomic E-state index is 0.137. The Morgan fingerprint density at radius 2 is 1.86 bits per heavy atom. The quantitative estimate of drug-likeness (QED) is 0.444. The normalized spacial score (nSPS) is 11.0. The Morgan fingerprint density at radius 3 is 2.62 bits per heavy atom. The zero-order valence-electron chi connectivity index (χ0n) is 15.4. The molecule has 0 bridgehead atoms. The summed E-state index contributed by atoms with van der Waals surface area (Å²) in [6.07, 6.45) is 4.48. The fraction of sp³-hybridized carbons (Fsp3) is 0.0909. The molecule has 2 heterocycles. The molecule has 29 heavy (non-hydrogen) atoms. The zero-order chi connectivity index (χ0) is 20.4. The van der Waals surface area contributed by atoms with Gasteiger partial charge >= 0.3 is 0 Å². The molecule has 0 saturated heterocycles. The highest BCUT2D eigenvalue weighted by Crippen LogP contribution is 2.31. The second-order valence-electron chi connectivity index (χ2n) is 6.65. The summed E-state index contributed by atoms with van der Waals surface area (Å²) in [5, 5.41) is 4.82. The van der Waals surface area contributed by atoms with E-state index in [0.29, 0.717) is 34.3 Å². The van der Waals surface area contributed by atoms with Crippen LogP contribution in [-0.4, -0.2) is 15.5 Å². The van der Waals surface area contributed by atoms with Crippen LogP contribution in [0.2, 0.25) is 10.0 Å². The number of carbonyl (C=O) groups is 1. The van der Waals surface area contributed by atoms with Crippen molar-refractivity contribution in [2.45, 2.75) is 12.8 Å². The minimum Gasteiger partial charge on any atom is -0.397 e. The van der Waals surface area contributed by atoms with Crippen LogP contribution in [0, 0.1) is 0 Å². The van der Waals surface area contributed by atoms with Gasteiger partial charge in [0.2, 0.25) is 5.91 Å². The standard InChI is InChI=1S/C22H18Cl2N4O/c23-17-4-2-1-3-14(17)5-10-21(29)27-22-16-6-9-20(28-12-11-15(25)13-28)26-19(16)8-7-18(22)24/h1-4,6-9,11-13H,5,10,25H2,(H,27,29). The number of halogens is 2. The number of anilines is 2. The Balaban J connectivity index is 1.57. The summed E-state index contributed by atoms with van der Waals surface area (Å²) in [5.74, 6) is 0.592. The summed E-state index contributed by atoms with van der Waals surface area (Å²) in [4.78, 5) is 17.2. The first-order chi connectivity index (χ1) is 14.0. The molecule has 2 aromatic heterocycles. The maximum absolute atomic E-state index is 12.5. The average Bonchev–Trinajstić information content (AvgIpc) is 3.15. The van der Waals surface area contributed by atoms with Gasteiger partial charge in [-0.25, -0.2) is 4.98 Å². The lowest BCUT2D eigenvalue weighted by Gasteiger charge is -2.12. The minimum atomic E-state index is -0.137. The molecule has 4 aromatic rings. The monoisotopic (exact) mass is 424 g/mol. The van der Waals surface area contributed by atoms with E-state index in [0.717, 1.165) is 22.3 Å². The number of aryl methyl sites for hydroxylation is 1. The summed E-state index contributed by atoms with van der Waals surface area (Å²) in [5.41, 5.74) is 8.66. The number of nitrogen functional groups attached to an aromatic ring is 1. The second-order valence-corrected chi connectivity index (χ2v) is 7.46. The predicted molar refractivity (Wildman–Crippen MR) is 119 cm³/mol. The fourth-order valence-electron chi connectivity index (χ4n) is 3.14. The number of fused-ring (bicyclic) bond motifs is 1. The van der Waals surface area contributed by atoms with Crippen molar-refractivity contribution >= 4 is 51.4 Å². The van der Waals surface area contributed by atoms with Crippen LogP contribution in [0.1, 0.15) is 12.0 Å². The van der Waals surface area contributed by atoms with Crippen LogP contribution < -0.4 is 11.1 Å². The SMILES string of the molecule is Nc1ccn(-c2ccc3c(NC(=O)CCc4ccccc4Cl)c(Cl)ccc3n2)c1. The Bertz CT molecular complexity index is 1200. The molecule has 1 amide bonds. The van der Waals surface area contributed by atoms with Crippen molar-refractivity contribution in [3.8, 4) is 5.82 Å². The summed E-state index contributed by atoms with van der Waals surface area (Å²) < 4.78 is 1.84. The van der Waals surface area contributed by atoms with Gasteiger partial charge in [0.05, 0.1) is 16.2 Å². The number of hydrogen-bond acceptors (Lipinski definition) is 3. The van der Waals surface area contributed by atoms with E-state index in [9.17, 15) is 4.79 Å². The van der Waals surface area contributed by atoms with Gasteiger partial charge in [0.25, 0.3) is 0 Å². The highest BCUT2D eigenvalue weighted by atomic mass is 35.5. The number of rotatable bonds is 5. The molecule has 2 aromatic carbocycles. The molecule has 4 rings (SSSR count). The number of aromatic nitrogens is 2. The molecule has 0 radical (unpaired) electrons. The molecule has 0 saturated carbocycles. The number of benzene rings is 2. The second kappa shape index (κ2) is 8.15. The first-order valence-electron chi connectivity index (χ1n) is 9.07. The summed E-state index contributed by atoms with van der Waals surface area (Å²) in [7, 11) is 0. The van der Waals surface area contributed by atoms with Gasteiger partial charge < -0.3 is 15.6 Å². The van der Waals surface area contributed by atoms with E-state index in [-0.39, 0.29) is 5.91 Å². The van der Waals surface area contributed by atoms with Gasteiger partial charge in [-0.2, -0.15) is 0 Å². The summed E-state index contributed by atoms with van der Waals surface area (Å²) in [6, 6.07) is 16.6. The first kappa shape index (κ1) is 19.3. The number of nitrogens with one attached hydrogen (secondary N) is 1. The van der Waals surface area contributed by atoms with Gasteiger partial charge in [-0.05, 0) is 48.4 Å². The number of hydrogen-bond donors (Lipinski definition) is 2. The van der Waals surface area contributed by atoms with Crippen LogP contribution in [0.3, 0.4) is 0 Å². The largest absolute Gasteiger partial charge is 0.397 e. The van der Waals surface area contributed by atoms with Gasteiger partial charge in [-0.1, -0.05) is 41.4 Å². The van der Waals surface area contributed by atoms with Crippen LogP contribution in [0.25, 0.3) is 16.7 Å². The van der Waals surface area contributed by atoms with Gasteiger partial charge in [0.15, 0.2) is 0 Å². The molecular weight excluding hydrogens is 407 g/mol. The molecule has 0 aliphatic rings. The number of nitrogens with zero attached hydrogens (tertiary/aromatic N) is 2. The van der Waals surface area contributed by atoms with E-state index in [1.54, 1.807) is 18.3 Å². The highest BCUT2D eigenvalue weighted by molar-refractivity contribution is 6.35. The van der Waals surface area contributed by atoms with E-state index >= 15 is 0 Å². The number of carbonyl (C=O) groups excluding carboxylic acids is 1. The molecular formula is C22H18Cl2N4O. The predicted octanol–water partition coefficient (Wildman–Crippen LogP) is 5.49. The molecule has 0 aliphatic heterocycles. The summed E-state index contributed by atoms with van der Waals surface area (Å²) in [6.45, 7) is 0. The van der Waals surface area contributed by atoms with Crippen LogP contribution >= 0.6 is 23.2 Å². The Labute approximate surface area is 178 Å². The van der Waals surface area contributed by atoms with Crippen molar-refractivity contribution in [2.24, 2.45) is 0 Å². The van der Waals surface area contributed by atoms with Crippen LogP contribution in [0.15, 0.2) is 67.0 Å². The van der Waals surface area contributed by atoms with Crippen molar-refractivity contribution in [3.05, 3.63) is 82.6 Å². The molecule has 7 heteroatoms. The molecule has 0 fully saturated rings. The molecule has 5 nitrogen and oxygen atoms in total. The van der Waals surface area contributed by atoms with E-state index in [1.807, 2.05) is 53.2 Å². The molecule has 146 valence electrons. The van der Waals surface area contributed by atoms with Crippen LogP contribution in [0.4, 0.5) is 11.4 Å². The lowest BCUT2D eigenvalue weighted by Crippen LogP contribution is -2.13. The molecule has 0 spiro atoms. The smallest absolute Gasteiger partial charge is 0.224 e. The average molecular weight is 425 g/mol. The maximum atomic E-state index is 12.5. The van der Waals surface area contributed by atoms with E-state index in [4.69, 9.17) is 28.9 Å².